The number of ether oxygens (including phenoxy) is 2. The molecule has 7 nitrogen and oxygen atoms in total. The number of hydrogen-bond donors (Lipinski definition) is 1. The van der Waals surface area contributed by atoms with E-state index in [2.05, 4.69) is 5.32 Å². The van der Waals surface area contributed by atoms with Crippen molar-refractivity contribution >= 4 is 28.9 Å². The molecule has 0 aliphatic carbocycles. The quantitative estimate of drug-likeness (QED) is 0.866. The lowest BCUT2D eigenvalue weighted by Crippen LogP contribution is -2.30. The lowest BCUT2D eigenvalue weighted by Gasteiger charge is -2.14. The number of carbonyl (C=O) groups is 3. The lowest BCUT2D eigenvalue weighted by molar-refractivity contribution is -0.142. The first-order valence-electron chi connectivity index (χ1n) is 7.00. The molecule has 1 aromatic carbocycles. The number of amides is 1. The lowest BCUT2D eigenvalue weighted by atomic mass is 9.98. The van der Waals surface area contributed by atoms with Gasteiger partial charge in [0, 0.05) is 25.1 Å². The molecule has 23 heavy (non-hydrogen) atoms. The summed E-state index contributed by atoms with van der Waals surface area (Å²) in [6.45, 7) is 1.45. The Hall–Kier alpha value is -2.83. The van der Waals surface area contributed by atoms with Crippen molar-refractivity contribution in [2.45, 2.75) is 12.8 Å². The minimum atomic E-state index is -0.722. The highest BCUT2D eigenvalue weighted by Gasteiger charge is 2.27. The summed E-state index contributed by atoms with van der Waals surface area (Å²) in [7, 11) is 2.56. The molecule has 1 unspecified atom stereocenters. The molecule has 0 fully saturated rings. The van der Waals surface area contributed by atoms with Crippen LogP contribution < -0.4 is 5.32 Å². The average molecular weight is 318 g/mol. The van der Waals surface area contributed by atoms with Gasteiger partial charge in [0.05, 0.1) is 19.7 Å². The molecular formula is C16H18N2O5. The maximum Gasteiger partial charge on any atom is 0.418 e. The van der Waals surface area contributed by atoms with E-state index in [-0.39, 0.29) is 12.5 Å². The predicted molar refractivity (Wildman–Crippen MR) is 83.2 cm³/mol. The number of nitrogens with zero attached hydrogens (tertiary/aromatic N) is 1. The SMILES string of the molecule is COC(=O)C(CNC(C)=O)c1cn(C(=O)OC)c2ccccc12. The molecule has 1 heterocycles. The van der Waals surface area contributed by atoms with Crippen molar-refractivity contribution < 1.29 is 23.9 Å². The van der Waals surface area contributed by atoms with Gasteiger partial charge in [0.25, 0.3) is 0 Å². The number of nitrogens with one attached hydrogen (secondary N) is 1. The number of carbonyl (C=O) groups excluding carboxylic acids is 3. The van der Waals surface area contributed by atoms with Crippen LogP contribution in [0.5, 0.6) is 0 Å². The first-order valence-corrected chi connectivity index (χ1v) is 7.00. The number of esters is 1. The van der Waals surface area contributed by atoms with Gasteiger partial charge in [-0.1, -0.05) is 18.2 Å². The third kappa shape index (κ3) is 3.33. The number of aromatic nitrogens is 1. The Balaban J connectivity index is 2.56. The van der Waals surface area contributed by atoms with Gasteiger partial charge in [-0.15, -0.1) is 0 Å². The van der Waals surface area contributed by atoms with Crippen molar-refractivity contribution in [3.63, 3.8) is 0 Å². The molecule has 0 aliphatic rings. The zero-order chi connectivity index (χ0) is 17.0. The molecule has 0 bridgehead atoms. The summed E-state index contributed by atoms with van der Waals surface area (Å²) in [4.78, 5) is 35.2. The van der Waals surface area contributed by atoms with E-state index in [1.54, 1.807) is 30.5 Å². The summed E-state index contributed by atoms with van der Waals surface area (Å²) < 4.78 is 10.9. The van der Waals surface area contributed by atoms with Gasteiger partial charge in [-0.25, -0.2) is 4.79 Å². The number of hydrogen-bond acceptors (Lipinski definition) is 5. The van der Waals surface area contributed by atoms with Crippen LogP contribution in [0.3, 0.4) is 0 Å². The van der Waals surface area contributed by atoms with E-state index < -0.39 is 18.0 Å². The van der Waals surface area contributed by atoms with Crippen molar-refractivity contribution in [1.29, 1.82) is 0 Å². The Labute approximate surface area is 133 Å². The van der Waals surface area contributed by atoms with Gasteiger partial charge in [0.15, 0.2) is 0 Å². The Bertz CT molecular complexity index is 750. The molecule has 1 atom stereocenters. The van der Waals surface area contributed by atoms with Gasteiger partial charge in [0.1, 0.15) is 5.92 Å². The third-order valence-electron chi connectivity index (χ3n) is 3.53. The van der Waals surface area contributed by atoms with E-state index in [0.29, 0.717) is 11.1 Å². The van der Waals surface area contributed by atoms with Crippen LogP contribution in [-0.4, -0.2) is 43.3 Å². The van der Waals surface area contributed by atoms with Crippen LogP contribution in [0.1, 0.15) is 18.4 Å². The third-order valence-corrected chi connectivity index (χ3v) is 3.53. The fraction of sp³-hybridized carbons (Fsp3) is 0.312. The number of para-hydroxylation sites is 1. The summed E-state index contributed by atoms with van der Waals surface area (Å²) in [5.74, 6) is -1.47. The van der Waals surface area contributed by atoms with E-state index >= 15 is 0 Å². The molecule has 0 spiro atoms. The molecule has 0 saturated carbocycles. The molecule has 1 amide bonds. The largest absolute Gasteiger partial charge is 0.468 e. The average Bonchev–Trinajstić information content (AvgIpc) is 2.93. The second kappa shape index (κ2) is 6.95. The summed E-state index contributed by atoms with van der Waals surface area (Å²) >= 11 is 0. The highest BCUT2D eigenvalue weighted by atomic mass is 16.5. The minimum Gasteiger partial charge on any atom is -0.468 e. The highest BCUT2D eigenvalue weighted by Crippen LogP contribution is 2.28. The van der Waals surface area contributed by atoms with Crippen LogP contribution >= 0.6 is 0 Å². The molecule has 0 aliphatic heterocycles. The number of fused-ring (bicyclic) bond motifs is 1. The zero-order valence-electron chi connectivity index (χ0n) is 13.2. The van der Waals surface area contributed by atoms with Crippen LogP contribution in [0.15, 0.2) is 30.5 Å². The van der Waals surface area contributed by atoms with Crippen LogP contribution in [0.4, 0.5) is 4.79 Å². The summed E-state index contributed by atoms with van der Waals surface area (Å²) in [6.07, 6.45) is 0.982. The van der Waals surface area contributed by atoms with Crippen LogP contribution in [0, 0.1) is 0 Å². The van der Waals surface area contributed by atoms with E-state index in [1.165, 1.54) is 25.7 Å². The molecule has 0 radical (unpaired) electrons. The molecular weight excluding hydrogens is 300 g/mol. The smallest absolute Gasteiger partial charge is 0.418 e. The maximum absolute atomic E-state index is 12.1. The Morgan fingerprint density at radius 1 is 1.17 bits per heavy atom. The molecule has 0 saturated heterocycles. The van der Waals surface area contributed by atoms with Crippen molar-refractivity contribution in [1.82, 2.24) is 9.88 Å². The first-order chi connectivity index (χ1) is 11.0. The molecule has 7 heteroatoms. The summed E-state index contributed by atoms with van der Waals surface area (Å²) in [5.41, 5.74) is 1.21. The van der Waals surface area contributed by atoms with Gasteiger partial charge >= 0.3 is 12.1 Å². The second-order valence-corrected chi connectivity index (χ2v) is 4.95. The van der Waals surface area contributed by atoms with Crippen LogP contribution in [-0.2, 0) is 19.1 Å². The zero-order valence-corrected chi connectivity index (χ0v) is 13.2. The predicted octanol–water partition coefficient (Wildman–Crippen LogP) is 1.65. The monoisotopic (exact) mass is 318 g/mol. The molecule has 1 N–H and O–H groups in total. The van der Waals surface area contributed by atoms with Crippen molar-refractivity contribution in [2.24, 2.45) is 0 Å². The van der Waals surface area contributed by atoms with Crippen molar-refractivity contribution in [2.75, 3.05) is 20.8 Å². The molecule has 122 valence electrons. The Morgan fingerprint density at radius 3 is 2.48 bits per heavy atom. The topological polar surface area (TPSA) is 86.6 Å². The fourth-order valence-electron chi connectivity index (χ4n) is 2.44. The second-order valence-electron chi connectivity index (χ2n) is 4.95. The maximum atomic E-state index is 12.1. The van der Waals surface area contributed by atoms with E-state index in [4.69, 9.17) is 9.47 Å². The van der Waals surface area contributed by atoms with Crippen molar-refractivity contribution in [3.8, 4) is 0 Å². The van der Waals surface area contributed by atoms with Crippen LogP contribution in [0.25, 0.3) is 10.9 Å². The fourth-order valence-corrected chi connectivity index (χ4v) is 2.44. The minimum absolute atomic E-state index is 0.0805. The van der Waals surface area contributed by atoms with Gasteiger partial charge in [-0.3, -0.25) is 14.2 Å². The molecule has 1 aromatic heterocycles. The Kier molecular flexibility index (Phi) is 5.00. The Morgan fingerprint density at radius 2 is 1.87 bits per heavy atom. The van der Waals surface area contributed by atoms with E-state index in [1.807, 2.05) is 0 Å². The van der Waals surface area contributed by atoms with E-state index in [9.17, 15) is 14.4 Å². The normalized spacial score (nSPS) is 11.8. The number of benzene rings is 1. The van der Waals surface area contributed by atoms with Gasteiger partial charge in [0.2, 0.25) is 5.91 Å². The van der Waals surface area contributed by atoms with Gasteiger partial charge < -0.3 is 14.8 Å². The van der Waals surface area contributed by atoms with Crippen LogP contribution in [0.2, 0.25) is 0 Å². The molecule has 2 aromatic rings. The van der Waals surface area contributed by atoms with Gasteiger partial charge in [-0.05, 0) is 11.6 Å². The first kappa shape index (κ1) is 16.5. The molecule has 2 rings (SSSR count). The van der Waals surface area contributed by atoms with E-state index in [0.717, 1.165) is 5.39 Å². The number of rotatable bonds is 4. The standard InChI is InChI=1S/C16H18N2O5/c1-10(19)17-8-12(15(20)22-2)13-9-18(16(21)23-3)14-7-5-4-6-11(13)14/h4-7,9,12H,8H2,1-3H3,(H,17,19). The van der Waals surface area contributed by atoms with Crippen molar-refractivity contribution in [3.05, 3.63) is 36.0 Å². The summed E-state index contributed by atoms with van der Waals surface area (Å²) in [5, 5.41) is 3.33. The number of methoxy groups -OCH3 is 2. The summed E-state index contributed by atoms with van der Waals surface area (Å²) in [6, 6.07) is 7.14. The van der Waals surface area contributed by atoms with Gasteiger partial charge in [-0.2, -0.15) is 0 Å². The highest BCUT2D eigenvalue weighted by molar-refractivity contribution is 5.95.